The van der Waals surface area contributed by atoms with Crippen molar-refractivity contribution in [2.75, 3.05) is 36.4 Å². The first-order chi connectivity index (χ1) is 15.8. The molecule has 4 aromatic rings. The summed E-state index contributed by atoms with van der Waals surface area (Å²) < 4.78 is 28.6. The molecule has 0 unspecified atom stereocenters. The Kier molecular flexibility index (Phi) is 5.32. The Bertz CT molecular complexity index is 1410. The van der Waals surface area contributed by atoms with Crippen molar-refractivity contribution >= 4 is 48.9 Å². The van der Waals surface area contributed by atoms with Gasteiger partial charge in [-0.3, -0.25) is 4.68 Å². The average Bonchev–Trinajstić information content (AvgIpc) is 3.44. The second-order valence-electron chi connectivity index (χ2n) is 8.05. The Labute approximate surface area is 195 Å². The predicted molar refractivity (Wildman–Crippen MR) is 131 cm³/mol. The van der Waals surface area contributed by atoms with Gasteiger partial charge in [0.05, 0.1) is 27.9 Å². The van der Waals surface area contributed by atoms with E-state index in [0.29, 0.717) is 24.7 Å². The van der Waals surface area contributed by atoms with E-state index in [1.807, 2.05) is 41.9 Å². The number of anilines is 3. The molecule has 10 nitrogen and oxygen atoms in total. The first-order valence-electron chi connectivity index (χ1n) is 10.4. The number of benzene rings is 1. The van der Waals surface area contributed by atoms with Crippen molar-refractivity contribution in [1.82, 2.24) is 24.1 Å². The summed E-state index contributed by atoms with van der Waals surface area (Å²) in [6, 6.07) is 9.30. The fourth-order valence-electron chi connectivity index (χ4n) is 3.87. The zero-order valence-corrected chi connectivity index (χ0v) is 19.6. The highest BCUT2D eigenvalue weighted by Gasteiger charge is 2.48. The number of hydrogen-bond donors (Lipinski definition) is 3. The van der Waals surface area contributed by atoms with Crippen LogP contribution in [0.25, 0.3) is 21.5 Å². The summed E-state index contributed by atoms with van der Waals surface area (Å²) in [5.74, 6) is 0.532. The molecule has 0 aliphatic carbocycles. The summed E-state index contributed by atoms with van der Waals surface area (Å²) in [6.45, 7) is 2.54. The van der Waals surface area contributed by atoms with Gasteiger partial charge >= 0.3 is 0 Å². The first kappa shape index (κ1) is 21.8. The molecule has 1 fully saturated rings. The zero-order valence-electron chi connectivity index (χ0n) is 18.0. The van der Waals surface area contributed by atoms with Crippen LogP contribution in [0.2, 0.25) is 0 Å². The first-order valence-corrected chi connectivity index (χ1v) is 12.9. The Morgan fingerprint density at radius 2 is 1.94 bits per heavy atom. The molecule has 1 aromatic carbocycles. The molecule has 5 rings (SSSR count). The number of rotatable bonds is 7. The number of hydrogen-bond acceptors (Lipinski definition) is 9. The molecule has 0 amide bonds. The number of fused-ring (bicyclic) bond motifs is 1. The molecular weight excluding hydrogens is 460 g/mol. The maximum Gasteiger partial charge on any atom is 0.228 e. The van der Waals surface area contributed by atoms with Crippen molar-refractivity contribution in [2.24, 2.45) is 5.73 Å². The van der Waals surface area contributed by atoms with Gasteiger partial charge in [-0.2, -0.15) is 9.40 Å². The van der Waals surface area contributed by atoms with E-state index in [2.05, 4.69) is 15.4 Å². The van der Waals surface area contributed by atoms with Gasteiger partial charge in [0, 0.05) is 42.8 Å². The largest absolute Gasteiger partial charge is 0.399 e. The van der Waals surface area contributed by atoms with Crippen LogP contribution in [0.5, 0.6) is 0 Å². The third kappa shape index (κ3) is 3.84. The van der Waals surface area contributed by atoms with E-state index in [1.165, 1.54) is 4.31 Å². The van der Waals surface area contributed by atoms with Crippen molar-refractivity contribution in [3.05, 3.63) is 48.1 Å². The Hall–Kier alpha value is -3.06. The minimum Gasteiger partial charge on any atom is -0.399 e. The Morgan fingerprint density at radius 1 is 1.18 bits per heavy atom. The van der Waals surface area contributed by atoms with E-state index < -0.39 is 15.6 Å². The number of nitrogens with zero attached hydrogens (tertiary/aromatic N) is 5. The monoisotopic (exact) mass is 484 g/mol. The highest BCUT2D eigenvalue weighted by atomic mass is 32.2. The molecule has 1 aliphatic rings. The molecule has 0 radical (unpaired) electrons. The predicted octanol–water partition coefficient (Wildman–Crippen LogP) is 2.20. The number of nitrogens with two attached hydrogens (primary N) is 2. The van der Waals surface area contributed by atoms with E-state index in [4.69, 9.17) is 16.5 Å². The van der Waals surface area contributed by atoms with Gasteiger partial charge in [0.1, 0.15) is 5.54 Å². The van der Waals surface area contributed by atoms with Crippen LogP contribution in [-0.2, 0) is 15.6 Å². The maximum atomic E-state index is 12.2. The standard InChI is InChI=1S/C21H24N8O2S2/c1-2-33(30,31)28-12-21(11-22,13-28)29-10-14(9-24-29)18-19-17(7-8-32-19)26-20(27-18)25-16-5-3-15(23)4-6-16/h3-10H,2,11-13,22-23H2,1H3,(H,25,26,27). The average molecular weight is 485 g/mol. The summed E-state index contributed by atoms with van der Waals surface area (Å²) in [6.07, 6.45) is 3.63. The van der Waals surface area contributed by atoms with Gasteiger partial charge in [-0.05, 0) is 42.6 Å². The van der Waals surface area contributed by atoms with Crippen LogP contribution < -0.4 is 16.8 Å². The molecule has 3 aromatic heterocycles. The SMILES string of the molecule is CCS(=O)(=O)N1CC(CN)(n2cc(-c3nc(Nc4ccc(N)cc4)nc4ccsc34)cn2)C1. The minimum absolute atomic E-state index is 0.0685. The lowest BCUT2D eigenvalue weighted by molar-refractivity contribution is 0.0759. The molecule has 5 N–H and O–H groups in total. The van der Waals surface area contributed by atoms with E-state index in [0.717, 1.165) is 27.2 Å². The van der Waals surface area contributed by atoms with Gasteiger partial charge in [-0.1, -0.05) is 0 Å². The van der Waals surface area contributed by atoms with Crippen LogP contribution in [0, 0.1) is 0 Å². The quantitative estimate of drug-likeness (QED) is 0.339. The third-order valence-electron chi connectivity index (χ3n) is 5.89. The summed E-state index contributed by atoms with van der Waals surface area (Å²) in [5.41, 5.74) is 15.2. The molecule has 12 heteroatoms. The lowest BCUT2D eigenvalue weighted by Gasteiger charge is -2.48. The second-order valence-corrected chi connectivity index (χ2v) is 11.2. The van der Waals surface area contributed by atoms with Crippen LogP contribution >= 0.6 is 11.3 Å². The fraction of sp³-hybridized carbons (Fsp3) is 0.286. The number of nitrogens with one attached hydrogen (secondary N) is 1. The zero-order chi connectivity index (χ0) is 23.2. The van der Waals surface area contributed by atoms with Crippen LogP contribution in [0.3, 0.4) is 0 Å². The van der Waals surface area contributed by atoms with Gasteiger partial charge in [-0.25, -0.2) is 18.4 Å². The van der Waals surface area contributed by atoms with Crippen molar-refractivity contribution in [3.8, 4) is 11.3 Å². The summed E-state index contributed by atoms with van der Waals surface area (Å²) in [7, 11) is -3.25. The lowest BCUT2D eigenvalue weighted by Crippen LogP contribution is -2.67. The van der Waals surface area contributed by atoms with Crippen LogP contribution in [0.1, 0.15) is 6.92 Å². The summed E-state index contributed by atoms with van der Waals surface area (Å²) >= 11 is 1.56. The normalized spacial score (nSPS) is 16.1. The van der Waals surface area contributed by atoms with Crippen molar-refractivity contribution in [3.63, 3.8) is 0 Å². The third-order valence-corrected chi connectivity index (χ3v) is 8.58. The van der Waals surface area contributed by atoms with Crippen molar-refractivity contribution < 1.29 is 8.42 Å². The van der Waals surface area contributed by atoms with Gasteiger partial charge in [0.25, 0.3) is 0 Å². The van der Waals surface area contributed by atoms with Crippen molar-refractivity contribution in [2.45, 2.75) is 12.5 Å². The van der Waals surface area contributed by atoms with E-state index in [9.17, 15) is 8.42 Å². The molecule has 0 spiro atoms. The smallest absolute Gasteiger partial charge is 0.228 e. The highest BCUT2D eigenvalue weighted by molar-refractivity contribution is 7.89. The number of nitrogen functional groups attached to an aromatic ring is 1. The van der Waals surface area contributed by atoms with Crippen LogP contribution in [0.15, 0.2) is 48.1 Å². The molecule has 0 atom stereocenters. The molecule has 0 saturated carbocycles. The van der Waals surface area contributed by atoms with Gasteiger partial charge in [0.15, 0.2) is 0 Å². The second kappa shape index (κ2) is 8.06. The number of sulfonamides is 1. The Balaban J connectivity index is 1.48. The van der Waals surface area contributed by atoms with Crippen LogP contribution in [-0.4, -0.2) is 57.9 Å². The van der Waals surface area contributed by atoms with E-state index >= 15 is 0 Å². The number of aromatic nitrogens is 4. The molecular formula is C21H24N8O2S2. The van der Waals surface area contributed by atoms with E-state index in [1.54, 1.807) is 29.1 Å². The van der Waals surface area contributed by atoms with Crippen molar-refractivity contribution in [1.29, 1.82) is 0 Å². The Morgan fingerprint density at radius 3 is 2.64 bits per heavy atom. The molecule has 4 heterocycles. The fourth-order valence-corrected chi connectivity index (χ4v) is 5.95. The van der Waals surface area contributed by atoms with Gasteiger partial charge in [0.2, 0.25) is 16.0 Å². The molecule has 1 aliphatic heterocycles. The minimum atomic E-state index is -3.25. The lowest BCUT2D eigenvalue weighted by atomic mass is 9.93. The molecule has 1 saturated heterocycles. The molecule has 0 bridgehead atoms. The van der Waals surface area contributed by atoms with E-state index in [-0.39, 0.29) is 12.3 Å². The van der Waals surface area contributed by atoms with Gasteiger partial charge < -0.3 is 16.8 Å². The van der Waals surface area contributed by atoms with Crippen LogP contribution in [0.4, 0.5) is 17.3 Å². The highest BCUT2D eigenvalue weighted by Crippen LogP contribution is 2.35. The molecule has 172 valence electrons. The topological polar surface area (TPSA) is 145 Å². The maximum absolute atomic E-state index is 12.2. The number of thiophene rings is 1. The summed E-state index contributed by atoms with van der Waals surface area (Å²) in [5, 5.41) is 9.74. The van der Waals surface area contributed by atoms with Gasteiger partial charge in [-0.15, -0.1) is 11.3 Å². The summed E-state index contributed by atoms with van der Waals surface area (Å²) in [4.78, 5) is 9.38. The molecule has 33 heavy (non-hydrogen) atoms.